The molecule has 9 heteroatoms. The fraction of sp³-hybridized carbons (Fsp3) is 0.273. The maximum atomic E-state index is 12.6. The molecule has 0 amide bonds. The van der Waals surface area contributed by atoms with Crippen LogP contribution >= 0.6 is 0 Å². The molecule has 1 N–H and O–H groups in total. The molecule has 1 heterocycles. The summed E-state index contributed by atoms with van der Waals surface area (Å²) in [5.74, 6) is -0.621. The van der Waals surface area contributed by atoms with Crippen molar-refractivity contribution in [2.45, 2.75) is 30.8 Å². The standard InChI is InChI=1S/C22H21NO7S/c1-23-31(26,27)20-10-15(6-7-18(20)28-2)22(25)29-12-16-11-21(24)30-19-9-14-5-3-4-13(14)8-17(16)19/h6-11,23H,3-5,12H2,1-2H3. The lowest BCUT2D eigenvalue weighted by Crippen LogP contribution is -2.20. The minimum Gasteiger partial charge on any atom is -0.495 e. The second kappa shape index (κ2) is 8.16. The number of rotatable bonds is 6. The van der Waals surface area contributed by atoms with Crippen molar-refractivity contribution in [1.29, 1.82) is 0 Å². The molecule has 31 heavy (non-hydrogen) atoms. The molecule has 0 radical (unpaired) electrons. The van der Waals surface area contributed by atoms with Crippen LogP contribution in [0.3, 0.4) is 0 Å². The third-order valence-electron chi connectivity index (χ3n) is 5.36. The van der Waals surface area contributed by atoms with E-state index in [4.69, 9.17) is 13.9 Å². The Morgan fingerprint density at radius 3 is 2.58 bits per heavy atom. The van der Waals surface area contributed by atoms with E-state index in [0.717, 1.165) is 24.6 Å². The lowest BCUT2D eigenvalue weighted by Gasteiger charge is -2.12. The summed E-state index contributed by atoms with van der Waals surface area (Å²) in [7, 11) is -1.24. The number of methoxy groups -OCH3 is 1. The van der Waals surface area contributed by atoms with Gasteiger partial charge in [0, 0.05) is 17.0 Å². The third-order valence-corrected chi connectivity index (χ3v) is 6.79. The van der Waals surface area contributed by atoms with Crippen molar-refractivity contribution >= 4 is 27.0 Å². The normalized spacial score (nSPS) is 13.2. The molecule has 0 fully saturated rings. The van der Waals surface area contributed by atoms with Crippen molar-refractivity contribution in [2.75, 3.05) is 14.2 Å². The summed E-state index contributed by atoms with van der Waals surface area (Å²) in [6.45, 7) is -0.153. The zero-order valence-electron chi connectivity index (χ0n) is 17.1. The average Bonchev–Trinajstić information content (AvgIpc) is 3.22. The van der Waals surface area contributed by atoms with Gasteiger partial charge in [0.05, 0.1) is 12.7 Å². The predicted octanol–water partition coefficient (Wildman–Crippen LogP) is 2.56. The topological polar surface area (TPSA) is 112 Å². The summed E-state index contributed by atoms with van der Waals surface area (Å²) in [6, 6.07) is 9.16. The number of ether oxygens (including phenoxy) is 2. The Morgan fingerprint density at radius 1 is 1.13 bits per heavy atom. The Bertz CT molecular complexity index is 1340. The molecule has 2 aromatic carbocycles. The first-order valence-corrected chi connectivity index (χ1v) is 11.2. The quantitative estimate of drug-likeness (QED) is 0.460. The molecule has 8 nitrogen and oxygen atoms in total. The van der Waals surface area contributed by atoms with Gasteiger partial charge in [-0.15, -0.1) is 0 Å². The number of hydrogen-bond donors (Lipinski definition) is 1. The largest absolute Gasteiger partial charge is 0.495 e. The third kappa shape index (κ3) is 4.06. The summed E-state index contributed by atoms with van der Waals surface area (Å²) in [6.07, 6.45) is 2.96. The number of aryl methyl sites for hydroxylation is 2. The van der Waals surface area contributed by atoms with E-state index < -0.39 is 21.6 Å². The zero-order valence-corrected chi connectivity index (χ0v) is 17.9. The van der Waals surface area contributed by atoms with Crippen LogP contribution < -0.4 is 15.1 Å². The molecule has 0 unspecified atom stereocenters. The lowest BCUT2D eigenvalue weighted by atomic mass is 10.0. The van der Waals surface area contributed by atoms with Crippen LogP contribution in [0.4, 0.5) is 0 Å². The lowest BCUT2D eigenvalue weighted by molar-refractivity contribution is 0.0473. The second-order valence-corrected chi connectivity index (χ2v) is 9.07. The summed E-state index contributed by atoms with van der Waals surface area (Å²) in [5.41, 5.74) is 2.88. The number of fused-ring (bicyclic) bond motifs is 2. The molecule has 1 aliphatic carbocycles. The molecular formula is C22H21NO7S. The summed E-state index contributed by atoms with van der Waals surface area (Å²) >= 11 is 0. The zero-order chi connectivity index (χ0) is 22.2. The van der Waals surface area contributed by atoms with Crippen LogP contribution in [0.25, 0.3) is 11.0 Å². The maximum Gasteiger partial charge on any atom is 0.338 e. The average molecular weight is 443 g/mol. The van der Waals surface area contributed by atoms with Crippen LogP contribution in [0.2, 0.25) is 0 Å². The van der Waals surface area contributed by atoms with Gasteiger partial charge in [-0.1, -0.05) is 0 Å². The minimum atomic E-state index is -3.84. The molecule has 0 atom stereocenters. The molecule has 1 aliphatic rings. The Kier molecular flexibility index (Phi) is 5.55. The van der Waals surface area contributed by atoms with Crippen molar-refractivity contribution in [2.24, 2.45) is 0 Å². The Morgan fingerprint density at radius 2 is 1.87 bits per heavy atom. The van der Waals surface area contributed by atoms with Crippen LogP contribution in [0.5, 0.6) is 5.75 Å². The highest BCUT2D eigenvalue weighted by atomic mass is 32.2. The molecular weight excluding hydrogens is 422 g/mol. The van der Waals surface area contributed by atoms with Crippen LogP contribution in [0.1, 0.15) is 33.5 Å². The monoisotopic (exact) mass is 443 g/mol. The summed E-state index contributed by atoms with van der Waals surface area (Å²) in [4.78, 5) is 24.4. The van der Waals surface area contributed by atoms with Gasteiger partial charge in [0.15, 0.2) is 0 Å². The van der Waals surface area contributed by atoms with E-state index in [-0.39, 0.29) is 22.8 Å². The smallest absolute Gasteiger partial charge is 0.338 e. The minimum absolute atomic E-state index is 0.0442. The maximum absolute atomic E-state index is 12.6. The highest BCUT2D eigenvalue weighted by Crippen LogP contribution is 2.29. The molecule has 3 aromatic rings. The fourth-order valence-corrected chi connectivity index (χ4v) is 4.68. The van der Waals surface area contributed by atoms with Crippen LogP contribution in [-0.4, -0.2) is 28.5 Å². The molecule has 0 saturated carbocycles. The van der Waals surface area contributed by atoms with Gasteiger partial charge in [0.1, 0.15) is 22.8 Å². The first-order chi connectivity index (χ1) is 14.8. The van der Waals surface area contributed by atoms with Crippen molar-refractivity contribution in [1.82, 2.24) is 4.72 Å². The molecule has 1 aromatic heterocycles. The van der Waals surface area contributed by atoms with Gasteiger partial charge in [-0.2, -0.15) is 0 Å². The van der Waals surface area contributed by atoms with E-state index in [9.17, 15) is 18.0 Å². The molecule has 0 spiro atoms. The van der Waals surface area contributed by atoms with Crippen molar-refractivity contribution in [3.05, 3.63) is 69.1 Å². The molecule has 162 valence electrons. The van der Waals surface area contributed by atoms with Crippen LogP contribution in [-0.2, 0) is 34.2 Å². The van der Waals surface area contributed by atoms with E-state index in [1.54, 1.807) is 0 Å². The number of nitrogens with one attached hydrogen (secondary N) is 1. The van der Waals surface area contributed by atoms with Gasteiger partial charge in [0.2, 0.25) is 10.0 Å². The van der Waals surface area contributed by atoms with Crippen molar-refractivity contribution < 1.29 is 27.1 Å². The fourth-order valence-electron chi connectivity index (χ4n) is 3.76. The predicted molar refractivity (Wildman–Crippen MR) is 113 cm³/mol. The molecule has 0 bridgehead atoms. The van der Waals surface area contributed by atoms with E-state index in [1.165, 1.54) is 49.5 Å². The number of hydrogen-bond acceptors (Lipinski definition) is 7. The Hall–Kier alpha value is -3.17. The highest BCUT2D eigenvalue weighted by Gasteiger charge is 2.21. The Balaban J connectivity index is 1.63. The van der Waals surface area contributed by atoms with Crippen molar-refractivity contribution in [3.63, 3.8) is 0 Å². The summed E-state index contributed by atoms with van der Waals surface area (Å²) in [5, 5.41) is 0.723. The molecule has 0 saturated heterocycles. The second-order valence-electron chi connectivity index (χ2n) is 7.21. The van der Waals surface area contributed by atoms with Gasteiger partial charge in [-0.3, -0.25) is 0 Å². The first-order valence-electron chi connectivity index (χ1n) is 9.69. The van der Waals surface area contributed by atoms with E-state index in [2.05, 4.69) is 4.72 Å². The van der Waals surface area contributed by atoms with Gasteiger partial charge in [0.25, 0.3) is 0 Å². The van der Waals surface area contributed by atoms with Gasteiger partial charge >= 0.3 is 11.6 Å². The highest BCUT2D eigenvalue weighted by molar-refractivity contribution is 7.89. The van der Waals surface area contributed by atoms with Gasteiger partial charge < -0.3 is 13.9 Å². The van der Waals surface area contributed by atoms with Gasteiger partial charge in [-0.05, 0) is 67.8 Å². The summed E-state index contributed by atoms with van der Waals surface area (Å²) < 4.78 is 42.4. The van der Waals surface area contributed by atoms with E-state index in [1.807, 2.05) is 12.1 Å². The van der Waals surface area contributed by atoms with E-state index >= 15 is 0 Å². The number of sulfonamides is 1. The van der Waals surface area contributed by atoms with Crippen molar-refractivity contribution in [3.8, 4) is 5.75 Å². The number of benzene rings is 2. The number of carbonyl (C=O) groups is 1. The molecule has 4 rings (SSSR count). The first kappa shape index (κ1) is 21.1. The Labute approximate surface area is 178 Å². The van der Waals surface area contributed by atoms with E-state index in [0.29, 0.717) is 11.1 Å². The molecule has 0 aliphatic heterocycles. The van der Waals surface area contributed by atoms with Crippen LogP contribution in [0.15, 0.2) is 50.5 Å². The number of esters is 1. The number of carbonyl (C=O) groups excluding carboxylic acids is 1. The van der Waals surface area contributed by atoms with Crippen LogP contribution in [0, 0.1) is 0 Å². The SMILES string of the molecule is CNS(=O)(=O)c1cc(C(=O)OCc2cc(=O)oc3cc4c(cc23)CCC4)ccc1OC. The van der Waals surface area contributed by atoms with Gasteiger partial charge in [-0.25, -0.2) is 22.7 Å².